The number of hydrogen-bond acceptors (Lipinski definition) is 1. The van der Waals surface area contributed by atoms with Crippen LogP contribution in [0.25, 0.3) is 0 Å². The van der Waals surface area contributed by atoms with Gasteiger partial charge in [-0.1, -0.05) is 42.8 Å². The zero-order valence-electron chi connectivity index (χ0n) is 10.6. The normalized spacial score (nSPS) is 10.0. The summed E-state index contributed by atoms with van der Waals surface area (Å²) in [5, 5.41) is 6.17. The van der Waals surface area contributed by atoms with E-state index in [4.69, 9.17) is 11.6 Å². The molecular formula is C15H15ClN2O. The molecule has 2 N–H and O–H groups in total. The highest BCUT2D eigenvalue weighted by atomic mass is 35.5. The fourth-order valence-electron chi connectivity index (χ4n) is 1.80. The van der Waals surface area contributed by atoms with E-state index in [9.17, 15) is 4.79 Å². The SMILES string of the molecule is CCc1ccccc1NC(=O)Nc1cccc(Cl)c1. The fourth-order valence-corrected chi connectivity index (χ4v) is 1.99. The van der Waals surface area contributed by atoms with E-state index in [2.05, 4.69) is 17.6 Å². The smallest absolute Gasteiger partial charge is 0.308 e. The molecule has 0 saturated heterocycles. The molecule has 0 saturated carbocycles. The fraction of sp³-hybridized carbons (Fsp3) is 0.133. The Bertz CT molecular complexity index is 584. The Labute approximate surface area is 117 Å². The van der Waals surface area contributed by atoms with Gasteiger partial charge in [0.15, 0.2) is 0 Å². The summed E-state index contributed by atoms with van der Waals surface area (Å²) in [7, 11) is 0. The first-order valence-corrected chi connectivity index (χ1v) is 6.48. The van der Waals surface area contributed by atoms with E-state index in [0.29, 0.717) is 10.7 Å². The van der Waals surface area contributed by atoms with E-state index in [-0.39, 0.29) is 6.03 Å². The lowest BCUT2D eigenvalue weighted by atomic mass is 10.1. The molecule has 0 heterocycles. The van der Waals surface area contributed by atoms with Crippen molar-refractivity contribution in [3.63, 3.8) is 0 Å². The van der Waals surface area contributed by atoms with Crippen LogP contribution in [-0.4, -0.2) is 6.03 Å². The number of rotatable bonds is 3. The molecule has 0 radical (unpaired) electrons. The van der Waals surface area contributed by atoms with Crippen molar-refractivity contribution in [2.75, 3.05) is 10.6 Å². The van der Waals surface area contributed by atoms with E-state index in [1.165, 1.54) is 0 Å². The van der Waals surface area contributed by atoms with Crippen molar-refractivity contribution in [1.29, 1.82) is 0 Å². The molecule has 2 aromatic rings. The van der Waals surface area contributed by atoms with E-state index >= 15 is 0 Å². The Morgan fingerprint density at radius 2 is 1.89 bits per heavy atom. The van der Waals surface area contributed by atoms with Crippen LogP contribution in [0.5, 0.6) is 0 Å². The molecule has 0 aliphatic carbocycles. The number of carbonyl (C=O) groups is 1. The lowest BCUT2D eigenvalue weighted by molar-refractivity contribution is 0.262. The van der Waals surface area contributed by atoms with Gasteiger partial charge < -0.3 is 10.6 Å². The summed E-state index contributed by atoms with van der Waals surface area (Å²) in [6.45, 7) is 2.05. The maximum absolute atomic E-state index is 11.9. The van der Waals surface area contributed by atoms with Crippen molar-refractivity contribution in [3.05, 3.63) is 59.1 Å². The molecule has 98 valence electrons. The zero-order chi connectivity index (χ0) is 13.7. The van der Waals surface area contributed by atoms with Gasteiger partial charge in [-0.05, 0) is 36.2 Å². The van der Waals surface area contributed by atoms with Crippen LogP contribution in [0.1, 0.15) is 12.5 Å². The minimum absolute atomic E-state index is 0.275. The number of carbonyl (C=O) groups excluding carboxylic acids is 1. The van der Waals surface area contributed by atoms with Crippen LogP contribution in [0.4, 0.5) is 16.2 Å². The van der Waals surface area contributed by atoms with Crippen LogP contribution in [0.2, 0.25) is 5.02 Å². The average molecular weight is 275 g/mol. The van der Waals surface area contributed by atoms with E-state index < -0.39 is 0 Å². The molecular weight excluding hydrogens is 260 g/mol. The molecule has 0 spiro atoms. The molecule has 0 aromatic heterocycles. The number of para-hydroxylation sites is 1. The first kappa shape index (κ1) is 13.4. The first-order valence-electron chi connectivity index (χ1n) is 6.10. The van der Waals surface area contributed by atoms with Crippen molar-refractivity contribution in [2.45, 2.75) is 13.3 Å². The highest BCUT2D eigenvalue weighted by molar-refractivity contribution is 6.30. The standard InChI is InChI=1S/C15H15ClN2O/c1-2-11-6-3-4-9-14(11)18-15(19)17-13-8-5-7-12(16)10-13/h3-10H,2H2,1H3,(H2,17,18,19). The molecule has 0 atom stereocenters. The van der Waals surface area contributed by atoms with Gasteiger partial charge in [0.1, 0.15) is 0 Å². The highest BCUT2D eigenvalue weighted by Crippen LogP contribution is 2.17. The number of aryl methyl sites for hydroxylation is 1. The van der Waals surface area contributed by atoms with E-state index in [0.717, 1.165) is 17.7 Å². The van der Waals surface area contributed by atoms with Crippen LogP contribution < -0.4 is 10.6 Å². The second-order valence-corrected chi connectivity index (χ2v) is 4.54. The molecule has 2 rings (SSSR count). The average Bonchev–Trinajstić information content (AvgIpc) is 2.39. The highest BCUT2D eigenvalue weighted by Gasteiger charge is 2.05. The minimum atomic E-state index is -0.275. The van der Waals surface area contributed by atoms with Crippen LogP contribution in [0.3, 0.4) is 0 Å². The summed E-state index contributed by atoms with van der Waals surface area (Å²) in [4.78, 5) is 11.9. The van der Waals surface area contributed by atoms with Crippen molar-refractivity contribution >= 4 is 29.0 Å². The van der Waals surface area contributed by atoms with E-state index in [1.54, 1.807) is 24.3 Å². The predicted octanol–water partition coefficient (Wildman–Crippen LogP) is 4.55. The molecule has 0 unspecified atom stereocenters. The van der Waals surface area contributed by atoms with Crippen molar-refractivity contribution in [1.82, 2.24) is 0 Å². The number of benzene rings is 2. The van der Waals surface area contributed by atoms with E-state index in [1.807, 2.05) is 24.3 Å². The van der Waals surface area contributed by atoms with Crippen LogP contribution in [-0.2, 0) is 6.42 Å². The molecule has 2 aromatic carbocycles. The lowest BCUT2D eigenvalue weighted by Gasteiger charge is -2.11. The topological polar surface area (TPSA) is 41.1 Å². The Morgan fingerprint density at radius 3 is 2.63 bits per heavy atom. The third kappa shape index (κ3) is 3.73. The number of halogens is 1. The zero-order valence-corrected chi connectivity index (χ0v) is 11.4. The number of urea groups is 1. The summed E-state index contributed by atoms with van der Waals surface area (Å²) < 4.78 is 0. The van der Waals surface area contributed by atoms with Gasteiger partial charge in [-0.2, -0.15) is 0 Å². The third-order valence-corrected chi connectivity index (χ3v) is 2.96. The Balaban J connectivity index is 2.05. The number of amides is 2. The maximum Gasteiger partial charge on any atom is 0.323 e. The summed E-state index contributed by atoms with van der Waals surface area (Å²) in [6.07, 6.45) is 0.869. The molecule has 19 heavy (non-hydrogen) atoms. The van der Waals surface area contributed by atoms with Crippen molar-refractivity contribution in [3.8, 4) is 0 Å². The molecule has 4 heteroatoms. The maximum atomic E-state index is 11.9. The van der Waals surface area contributed by atoms with Gasteiger partial charge in [-0.25, -0.2) is 4.79 Å². The van der Waals surface area contributed by atoms with Crippen LogP contribution in [0, 0.1) is 0 Å². The number of nitrogens with one attached hydrogen (secondary N) is 2. The quantitative estimate of drug-likeness (QED) is 0.847. The lowest BCUT2D eigenvalue weighted by Crippen LogP contribution is -2.20. The number of hydrogen-bond donors (Lipinski definition) is 2. The van der Waals surface area contributed by atoms with Gasteiger partial charge >= 0.3 is 6.03 Å². The molecule has 0 fully saturated rings. The van der Waals surface area contributed by atoms with Crippen molar-refractivity contribution in [2.24, 2.45) is 0 Å². The summed E-state index contributed by atoms with van der Waals surface area (Å²) in [6, 6.07) is 14.5. The van der Waals surface area contributed by atoms with Gasteiger partial charge in [0, 0.05) is 16.4 Å². The largest absolute Gasteiger partial charge is 0.323 e. The number of anilines is 2. The van der Waals surface area contributed by atoms with Crippen molar-refractivity contribution < 1.29 is 4.79 Å². The molecule has 0 aliphatic heterocycles. The first-order chi connectivity index (χ1) is 9.19. The Morgan fingerprint density at radius 1 is 1.11 bits per heavy atom. The second kappa shape index (κ2) is 6.25. The van der Waals surface area contributed by atoms with Gasteiger partial charge in [0.2, 0.25) is 0 Å². The van der Waals surface area contributed by atoms with Gasteiger partial charge in [-0.3, -0.25) is 0 Å². The summed E-state index contributed by atoms with van der Waals surface area (Å²) >= 11 is 5.86. The van der Waals surface area contributed by atoms with Crippen LogP contribution in [0.15, 0.2) is 48.5 Å². The molecule has 0 bridgehead atoms. The predicted molar refractivity (Wildman–Crippen MR) is 79.9 cm³/mol. The summed E-state index contributed by atoms with van der Waals surface area (Å²) in [5.74, 6) is 0. The summed E-state index contributed by atoms with van der Waals surface area (Å²) in [5.41, 5.74) is 2.59. The third-order valence-electron chi connectivity index (χ3n) is 2.73. The van der Waals surface area contributed by atoms with Gasteiger partial charge in [-0.15, -0.1) is 0 Å². The minimum Gasteiger partial charge on any atom is -0.308 e. The molecule has 3 nitrogen and oxygen atoms in total. The van der Waals surface area contributed by atoms with Gasteiger partial charge in [0.05, 0.1) is 0 Å². The Hall–Kier alpha value is -2.00. The Kier molecular flexibility index (Phi) is 4.42. The van der Waals surface area contributed by atoms with Gasteiger partial charge in [0.25, 0.3) is 0 Å². The second-order valence-electron chi connectivity index (χ2n) is 4.10. The molecule has 2 amide bonds. The van der Waals surface area contributed by atoms with Crippen LogP contribution >= 0.6 is 11.6 Å². The molecule has 0 aliphatic rings. The monoisotopic (exact) mass is 274 g/mol.